The second-order valence-corrected chi connectivity index (χ2v) is 9.72. The lowest BCUT2D eigenvalue weighted by Crippen LogP contribution is -2.03. The predicted octanol–water partition coefficient (Wildman–Crippen LogP) is 4.27. The third kappa shape index (κ3) is 4.11. The Labute approximate surface area is 155 Å². The molecule has 1 N–H and O–H groups in total. The molecule has 0 fully saturated rings. The Morgan fingerprint density at radius 2 is 1.73 bits per heavy atom. The Bertz CT molecular complexity index is 1060. The third-order valence-electron chi connectivity index (χ3n) is 3.83. The molecule has 0 saturated heterocycles. The SMILES string of the molecule is CCCN=c1[nH]c(-c2ccc(F)cc2)c[s+]1-c1ccc(S(C)(=O)=O)cc1. The highest BCUT2D eigenvalue weighted by atomic mass is 32.2. The summed E-state index contributed by atoms with van der Waals surface area (Å²) in [7, 11) is -3.63. The predicted molar refractivity (Wildman–Crippen MR) is 104 cm³/mol. The van der Waals surface area contributed by atoms with E-state index in [-0.39, 0.29) is 5.82 Å². The summed E-state index contributed by atoms with van der Waals surface area (Å²) in [5.74, 6) is -0.275. The van der Waals surface area contributed by atoms with Crippen LogP contribution in [0.3, 0.4) is 0 Å². The number of aromatic amines is 1. The maximum Gasteiger partial charge on any atom is 0.345 e. The Morgan fingerprint density at radius 1 is 1.08 bits per heavy atom. The minimum Gasteiger partial charge on any atom is -0.290 e. The average Bonchev–Trinajstić information content (AvgIpc) is 3.04. The summed E-state index contributed by atoms with van der Waals surface area (Å²) in [6.07, 6.45) is 2.13. The highest BCUT2D eigenvalue weighted by Crippen LogP contribution is 2.31. The molecule has 1 aromatic heterocycles. The van der Waals surface area contributed by atoms with E-state index in [1.165, 1.54) is 18.4 Å². The summed E-state index contributed by atoms with van der Waals surface area (Å²) in [6.45, 7) is 2.77. The molecule has 0 spiro atoms. The van der Waals surface area contributed by atoms with Crippen molar-refractivity contribution in [1.82, 2.24) is 4.98 Å². The van der Waals surface area contributed by atoms with Crippen LogP contribution in [0.4, 0.5) is 4.39 Å². The van der Waals surface area contributed by atoms with Gasteiger partial charge >= 0.3 is 4.80 Å². The molecule has 1 heterocycles. The lowest BCUT2D eigenvalue weighted by atomic mass is 10.2. The smallest absolute Gasteiger partial charge is 0.290 e. The van der Waals surface area contributed by atoms with Gasteiger partial charge < -0.3 is 0 Å². The summed E-state index contributed by atoms with van der Waals surface area (Å²) >= 11 is 0. The van der Waals surface area contributed by atoms with Crippen LogP contribution in [-0.2, 0) is 9.84 Å². The molecule has 2 aromatic carbocycles. The first kappa shape index (κ1) is 18.5. The van der Waals surface area contributed by atoms with Crippen LogP contribution < -0.4 is 4.80 Å². The van der Waals surface area contributed by atoms with Crippen LogP contribution in [0, 0.1) is 5.82 Å². The molecule has 1 atom stereocenters. The molecule has 0 aliphatic carbocycles. The van der Waals surface area contributed by atoms with Crippen molar-refractivity contribution in [1.29, 1.82) is 0 Å². The van der Waals surface area contributed by atoms with E-state index in [1.807, 2.05) is 12.1 Å². The number of thiazole rings is 1. The number of halogens is 1. The normalized spacial score (nSPS) is 13.2. The molecule has 0 saturated carbocycles. The lowest BCUT2D eigenvalue weighted by Gasteiger charge is -1.96. The molecule has 3 rings (SSSR count). The topological polar surface area (TPSA) is 62.3 Å². The summed E-state index contributed by atoms with van der Waals surface area (Å²) in [5.41, 5.74) is 1.77. The van der Waals surface area contributed by atoms with Gasteiger partial charge in [0, 0.05) is 18.4 Å². The van der Waals surface area contributed by atoms with E-state index in [1.54, 1.807) is 24.3 Å². The molecule has 0 bridgehead atoms. The van der Waals surface area contributed by atoms with Crippen LogP contribution in [0.15, 0.2) is 63.8 Å². The molecule has 3 aromatic rings. The highest BCUT2D eigenvalue weighted by molar-refractivity contribution is 7.90. The van der Waals surface area contributed by atoms with E-state index in [2.05, 4.69) is 22.3 Å². The number of hydrogen-bond donors (Lipinski definition) is 1. The number of aromatic nitrogens is 1. The Balaban J connectivity index is 2.09. The summed E-state index contributed by atoms with van der Waals surface area (Å²) in [4.78, 5) is 10.1. The summed E-state index contributed by atoms with van der Waals surface area (Å²) < 4.78 is 36.5. The molecule has 7 heteroatoms. The quantitative estimate of drug-likeness (QED) is 0.660. The summed E-state index contributed by atoms with van der Waals surface area (Å²) in [6, 6.07) is 13.2. The molecule has 1 unspecified atom stereocenters. The van der Waals surface area contributed by atoms with Crippen LogP contribution >= 0.6 is 10.5 Å². The van der Waals surface area contributed by atoms with Crippen molar-refractivity contribution in [3.05, 3.63) is 64.5 Å². The van der Waals surface area contributed by atoms with Crippen molar-refractivity contribution >= 4 is 20.3 Å². The fourth-order valence-corrected chi connectivity index (χ4v) is 4.89. The van der Waals surface area contributed by atoms with Crippen LogP contribution in [0.2, 0.25) is 0 Å². The van der Waals surface area contributed by atoms with Gasteiger partial charge in [-0.05, 0) is 55.0 Å². The van der Waals surface area contributed by atoms with Gasteiger partial charge in [0.25, 0.3) is 0 Å². The first-order valence-corrected chi connectivity index (χ1v) is 11.4. The maximum atomic E-state index is 13.2. The first-order valence-electron chi connectivity index (χ1n) is 8.21. The van der Waals surface area contributed by atoms with E-state index in [9.17, 15) is 12.8 Å². The second-order valence-electron chi connectivity index (χ2n) is 5.93. The fraction of sp³-hybridized carbons (Fsp3) is 0.211. The molecular formula is C19H20FN2O2S2+. The average molecular weight is 392 g/mol. The monoisotopic (exact) mass is 391 g/mol. The molecule has 26 heavy (non-hydrogen) atoms. The van der Waals surface area contributed by atoms with E-state index < -0.39 is 20.3 Å². The molecule has 4 nitrogen and oxygen atoms in total. The number of H-pyrrole nitrogens is 1. The molecule has 0 aliphatic rings. The number of nitrogens with zero attached hydrogens (tertiary/aromatic N) is 1. The van der Waals surface area contributed by atoms with Crippen LogP contribution in [0.25, 0.3) is 16.2 Å². The zero-order valence-corrected chi connectivity index (χ0v) is 16.2. The van der Waals surface area contributed by atoms with Gasteiger partial charge in [-0.15, -0.1) is 0 Å². The third-order valence-corrected chi connectivity index (χ3v) is 6.85. The van der Waals surface area contributed by atoms with Crippen molar-refractivity contribution in [3.8, 4) is 16.2 Å². The van der Waals surface area contributed by atoms with Crippen molar-refractivity contribution in [2.75, 3.05) is 12.8 Å². The number of rotatable bonds is 5. The highest BCUT2D eigenvalue weighted by Gasteiger charge is 2.19. The number of sulfone groups is 1. The number of nitrogens with one attached hydrogen (secondary N) is 1. The van der Waals surface area contributed by atoms with Crippen molar-refractivity contribution in [2.24, 2.45) is 4.99 Å². The van der Waals surface area contributed by atoms with Crippen LogP contribution in [-0.4, -0.2) is 26.2 Å². The van der Waals surface area contributed by atoms with Gasteiger partial charge in [0.15, 0.2) is 20.1 Å². The fourth-order valence-electron chi connectivity index (χ4n) is 2.48. The Kier molecular flexibility index (Phi) is 5.38. The van der Waals surface area contributed by atoms with Gasteiger partial charge in [-0.2, -0.15) is 0 Å². The Hall–Kier alpha value is -2.25. The second kappa shape index (κ2) is 7.55. The van der Waals surface area contributed by atoms with Gasteiger partial charge in [0.05, 0.1) is 15.4 Å². The molecular weight excluding hydrogens is 371 g/mol. The minimum atomic E-state index is -3.22. The van der Waals surface area contributed by atoms with E-state index in [0.29, 0.717) is 11.4 Å². The molecule has 136 valence electrons. The number of benzene rings is 2. The number of hydrogen-bond acceptors (Lipinski definition) is 3. The molecule has 0 amide bonds. The summed E-state index contributed by atoms with van der Waals surface area (Å²) in [5, 5.41) is 2.07. The van der Waals surface area contributed by atoms with Crippen molar-refractivity contribution in [2.45, 2.75) is 18.2 Å². The maximum absolute atomic E-state index is 13.2. The largest absolute Gasteiger partial charge is 0.345 e. The zero-order chi connectivity index (χ0) is 18.7. The van der Waals surface area contributed by atoms with Gasteiger partial charge in [0.1, 0.15) is 11.5 Å². The van der Waals surface area contributed by atoms with Gasteiger partial charge in [-0.25, -0.2) is 17.8 Å². The van der Waals surface area contributed by atoms with Crippen molar-refractivity contribution < 1.29 is 12.8 Å². The molecule has 0 aliphatic heterocycles. The van der Waals surface area contributed by atoms with Gasteiger partial charge in [0.2, 0.25) is 0 Å². The van der Waals surface area contributed by atoms with Crippen molar-refractivity contribution in [3.63, 3.8) is 0 Å². The van der Waals surface area contributed by atoms with E-state index in [4.69, 9.17) is 0 Å². The van der Waals surface area contributed by atoms with Crippen LogP contribution in [0.5, 0.6) is 0 Å². The minimum absolute atomic E-state index is 0.275. The van der Waals surface area contributed by atoms with Gasteiger partial charge in [-0.1, -0.05) is 6.92 Å². The van der Waals surface area contributed by atoms with Gasteiger partial charge in [-0.3, -0.25) is 4.98 Å². The standard InChI is InChI=1S/C19H20FN2O2S2/c1-3-12-21-19-22-18(14-4-6-15(20)7-5-14)13-25(19)16-8-10-17(11-9-16)26(2,23)24/h4-11,13H,3,12H2,1-2H3,(H,21,22)/q+1. The van der Waals surface area contributed by atoms with E-state index >= 15 is 0 Å². The molecule has 0 radical (unpaired) electrons. The Morgan fingerprint density at radius 3 is 2.31 bits per heavy atom. The zero-order valence-electron chi connectivity index (χ0n) is 14.6. The first-order chi connectivity index (χ1) is 12.4. The lowest BCUT2D eigenvalue weighted by molar-refractivity contribution is 0.602. The van der Waals surface area contributed by atoms with Crippen LogP contribution in [0.1, 0.15) is 13.3 Å². The van der Waals surface area contributed by atoms with E-state index in [0.717, 1.165) is 27.4 Å².